The highest BCUT2D eigenvalue weighted by atomic mass is 79.9. The summed E-state index contributed by atoms with van der Waals surface area (Å²) in [4.78, 5) is 16.9. The molecule has 4 rings (SSSR count). The second-order valence-electron chi connectivity index (χ2n) is 6.51. The Balaban J connectivity index is 1.69. The molecule has 2 aromatic heterocycles. The van der Waals surface area contributed by atoms with Gasteiger partial charge in [0.1, 0.15) is 6.33 Å². The molecule has 0 unspecified atom stereocenters. The van der Waals surface area contributed by atoms with E-state index in [0.717, 1.165) is 23.6 Å². The number of aromatic nitrogens is 4. The van der Waals surface area contributed by atoms with E-state index in [-0.39, 0.29) is 23.4 Å². The molecule has 0 aliphatic heterocycles. The number of hydrogen-bond acceptors (Lipinski definition) is 7. The molecule has 8 nitrogen and oxygen atoms in total. The van der Waals surface area contributed by atoms with Crippen molar-refractivity contribution in [1.82, 2.24) is 19.9 Å². The summed E-state index contributed by atoms with van der Waals surface area (Å²) in [6.45, 7) is 0.201. The van der Waals surface area contributed by atoms with Crippen LogP contribution in [0.3, 0.4) is 0 Å². The van der Waals surface area contributed by atoms with Crippen LogP contribution in [0.25, 0.3) is 0 Å². The number of rotatable bonds is 6. The van der Waals surface area contributed by atoms with Crippen LogP contribution in [-0.2, 0) is 16.4 Å². The minimum absolute atomic E-state index is 0.177. The van der Waals surface area contributed by atoms with Gasteiger partial charge in [-0.05, 0) is 36.6 Å². The second-order valence-corrected chi connectivity index (χ2v) is 9.33. The van der Waals surface area contributed by atoms with Crippen molar-refractivity contribution in [3.05, 3.63) is 57.6 Å². The number of nitrogens with zero attached hydrogens (tertiary/aromatic N) is 4. The maximum atomic E-state index is 13.1. The molecule has 1 aromatic carbocycles. The van der Waals surface area contributed by atoms with Crippen LogP contribution >= 0.6 is 15.9 Å². The van der Waals surface area contributed by atoms with Gasteiger partial charge in [-0.25, -0.2) is 18.1 Å². The van der Waals surface area contributed by atoms with Gasteiger partial charge >= 0.3 is 0 Å². The van der Waals surface area contributed by atoms with E-state index in [2.05, 4.69) is 31.2 Å². The Kier molecular flexibility index (Phi) is 4.47. The number of sulfone groups is 1. The zero-order chi connectivity index (χ0) is 19.2. The molecule has 27 heavy (non-hydrogen) atoms. The fourth-order valence-corrected chi connectivity index (χ4v) is 3.72. The molecule has 1 aliphatic rings. The van der Waals surface area contributed by atoms with Gasteiger partial charge in [-0.3, -0.25) is 4.79 Å². The third-order valence-electron chi connectivity index (χ3n) is 4.28. The average Bonchev–Trinajstić information content (AvgIpc) is 3.13. The first-order valence-electron chi connectivity index (χ1n) is 8.20. The Bertz CT molecular complexity index is 1130. The van der Waals surface area contributed by atoms with Crippen molar-refractivity contribution < 1.29 is 17.7 Å². The van der Waals surface area contributed by atoms with Gasteiger partial charge in [0.2, 0.25) is 9.84 Å². The van der Waals surface area contributed by atoms with Crippen LogP contribution in [0.4, 0.5) is 0 Å². The average molecular weight is 451 g/mol. The van der Waals surface area contributed by atoms with E-state index in [4.69, 9.17) is 4.52 Å². The predicted octanol–water partition coefficient (Wildman–Crippen LogP) is 2.59. The molecule has 0 saturated heterocycles. The number of halogens is 1. The van der Waals surface area contributed by atoms with Crippen molar-refractivity contribution in [1.29, 1.82) is 0 Å². The topological polar surface area (TPSA) is 108 Å². The summed E-state index contributed by atoms with van der Waals surface area (Å²) in [6, 6.07) is 5.31. The van der Waals surface area contributed by atoms with Crippen molar-refractivity contribution in [3.63, 3.8) is 0 Å². The predicted molar refractivity (Wildman–Crippen MR) is 98.3 cm³/mol. The number of benzene rings is 1. The van der Waals surface area contributed by atoms with E-state index in [9.17, 15) is 13.2 Å². The highest BCUT2D eigenvalue weighted by Crippen LogP contribution is 2.42. The Labute approximate surface area is 163 Å². The van der Waals surface area contributed by atoms with Crippen LogP contribution in [0, 0.1) is 0 Å². The van der Waals surface area contributed by atoms with E-state index in [1.165, 1.54) is 17.2 Å². The van der Waals surface area contributed by atoms with Gasteiger partial charge in [-0.1, -0.05) is 21.1 Å². The van der Waals surface area contributed by atoms with Crippen molar-refractivity contribution >= 4 is 31.6 Å². The minimum atomic E-state index is -3.49. The maximum absolute atomic E-state index is 13.1. The van der Waals surface area contributed by atoms with Crippen molar-refractivity contribution in [2.75, 3.05) is 6.26 Å². The molecular formula is C17H15BrN4O4S. The lowest BCUT2D eigenvalue weighted by Crippen LogP contribution is -2.11. The number of ketones is 1. The van der Waals surface area contributed by atoms with E-state index in [1.807, 2.05) is 0 Å². The van der Waals surface area contributed by atoms with Gasteiger partial charge in [-0.15, -0.1) is 5.10 Å². The molecule has 0 radical (unpaired) electrons. The van der Waals surface area contributed by atoms with Crippen LogP contribution in [0.15, 0.2) is 44.9 Å². The van der Waals surface area contributed by atoms with Crippen LogP contribution in [-0.4, -0.2) is 40.4 Å². The molecule has 0 spiro atoms. The summed E-state index contributed by atoms with van der Waals surface area (Å²) in [7, 11) is -3.49. The molecule has 10 heteroatoms. The molecule has 1 aliphatic carbocycles. The molecule has 1 saturated carbocycles. The smallest absolute Gasteiger partial charge is 0.266 e. The van der Waals surface area contributed by atoms with Gasteiger partial charge in [0.05, 0.1) is 18.3 Å². The Hall–Kier alpha value is -2.33. The lowest BCUT2D eigenvalue weighted by Gasteiger charge is -2.09. The normalized spacial score (nSPS) is 14.4. The molecule has 0 N–H and O–H groups in total. The maximum Gasteiger partial charge on any atom is 0.266 e. The van der Waals surface area contributed by atoms with Gasteiger partial charge in [0, 0.05) is 22.2 Å². The molecule has 140 valence electrons. The van der Waals surface area contributed by atoms with E-state index < -0.39 is 9.84 Å². The monoisotopic (exact) mass is 450 g/mol. The first-order valence-corrected chi connectivity index (χ1v) is 10.9. The molecule has 3 aromatic rings. The first-order chi connectivity index (χ1) is 12.8. The van der Waals surface area contributed by atoms with Crippen molar-refractivity contribution in [3.8, 4) is 0 Å². The zero-order valence-electron chi connectivity index (χ0n) is 14.3. The molecule has 0 atom stereocenters. The summed E-state index contributed by atoms with van der Waals surface area (Å²) in [5.41, 5.74) is 1.64. The van der Waals surface area contributed by atoms with E-state index >= 15 is 0 Å². The fraction of sp³-hybridized carbons (Fsp3) is 0.294. The summed E-state index contributed by atoms with van der Waals surface area (Å²) in [5.74, 6) is 0.719. The van der Waals surface area contributed by atoms with Gasteiger partial charge in [-0.2, -0.15) is 0 Å². The SMILES string of the molecule is CS(=O)(=O)c1ncn(Cc2cc(Br)ccc2C(=O)c2cnoc2C2CC2)n1. The summed E-state index contributed by atoms with van der Waals surface area (Å²) < 4.78 is 30.6. The second kappa shape index (κ2) is 6.68. The van der Waals surface area contributed by atoms with Crippen molar-refractivity contribution in [2.45, 2.75) is 30.5 Å². The fourth-order valence-electron chi connectivity index (χ4n) is 2.82. The van der Waals surface area contributed by atoms with Crippen molar-refractivity contribution in [2.24, 2.45) is 0 Å². The number of carbonyl (C=O) groups excluding carboxylic acids is 1. The highest BCUT2D eigenvalue weighted by Gasteiger charge is 2.33. The molecule has 0 amide bonds. The Morgan fingerprint density at radius 1 is 1.33 bits per heavy atom. The zero-order valence-corrected chi connectivity index (χ0v) is 16.7. The summed E-state index contributed by atoms with van der Waals surface area (Å²) >= 11 is 3.41. The lowest BCUT2D eigenvalue weighted by atomic mass is 9.98. The van der Waals surface area contributed by atoms with Crippen LogP contribution in [0.1, 0.15) is 46.0 Å². The molecule has 1 fully saturated rings. The molecule has 2 heterocycles. The summed E-state index contributed by atoms with van der Waals surface area (Å²) in [5, 5.41) is 7.53. The highest BCUT2D eigenvalue weighted by molar-refractivity contribution is 9.10. The van der Waals surface area contributed by atoms with Gasteiger partial charge in [0.15, 0.2) is 11.5 Å². The lowest BCUT2D eigenvalue weighted by molar-refractivity contribution is 0.103. The number of hydrogen-bond donors (Lipinski definition) is 0. The van der Waals surface area contributed by atoms with Gasteiger partial charge in [0.25, 0.3) is 5.16 Å². The third kappa shape index (κ3) is 3.72. The van der Waals surface area contributed by atoms with E-state index in [1.54, 1.807) is 18.2 Å². The molecule has 0 bridgehead atoms. The summed E-state index contributed by atoms with van der Waals surface area (Å²) in [6.07, 6.45) is 5.83. The first kappa shape index (κ1) is 18.1. The standard InChI is InChI=1S/C17H15BrN4O4S/c1-27(24,25)17-19-9-22(21-17)8-11-6-12(18)4-5-13(11)15(23)14-7-20-26-16(14)10-2-3-10/h4-7,9-10H,2-3,8H2,1H3. The van der Waals surface area contributed by atoms with Gasteiger partial charge < -0.3 is 4.52 Å². The van der Waals surface area contributed by atoms with E-state index in [0.29, 0.717) is 22.5 Å². The largest absolute Gasteiger partial charge is 0.360 e. The molecular weight excluding hydrogens is 436 g/mol. The quantitative estimate of drug-likeness (QED) is 0.530. The number of carbonyl (C=O) groups is 1. The van der Waals surface area contributed by atoms with Crippen LogP contribution in [0.2, 0.25) is 0 Å². The Morgan fingerprint density at radius 3 is 2.78 bits per heavy atom. The van der Waals surface area contributed by atoms with Crippen LogP contribution < -0.4 is 0 Å². The minimum Gasteiger partial charge on any atom is -0.360 e. The van der Waals surface area contributed by atoms with Crippen LogP contribution in [0.5, 0.6) is 0 Å². The Morgan fingerprint density at radius 2 is 2.11 bits per heavy atom. The third-order valence-corrected chi connectivity index (χ3v) is 5.63.